The number of aromatic nitrogens is 1. The van der Waals surface area contributed by atoms with Crippen LogP contribution in [0.25, 0.3) is 0 Å². The minimum atomic E-state index is 0. The highest BCUT2D eigenvalue weighted by Crippen LogP contribution is 2.45. The highest BCUT2D eigenvalue weighted by atomic mass is 127. The smallest absolute Gasteiger partial charge is 0.193 e. The molecule has 1 aliphatic heterocycles. The maximum Gasteiger partial charge on any atom is 0.193 e. The van der Waals surface area contributed by atoms with Gasteiger partial charge < -0.3 is 10.2 Å². The molecule has 1 N–H and O–H groups in total. The second kappa shape index (κ2) is 8.83. The van der Waals surface area contributed by atoms with E-state index in [4.69, 9.17) is 4.98 Å². The Labute approximate surface area is 167 Å². The molecule has 0 unspecified atom stereocenters. The molecule has 3 rings (SSSR count). The van der Waals surface area contributed by atoms with Crippen LogP contribution in [0.5, 0.6) is 0 Å². The second-order valence-corrected chi connectivity index (χ2v) is 8.35. The van der Waals surface area contributed by atoms with E-state index in [9.17, 15) is 0 Å². The Kier molecular flexibility index (Phi) is 7.34. The quantitative estimate of drug-likeness (QED) is 0.418. The van der Waals surface area contributed by atoms with Crippen LogP contribution in [0.4, 0.5) is 0 Å². The number of likely N-dealkylation sites (tertiary alicyclic amines) is 1. The van der Waals surface area contributed by atoms with Gasteiger partial charge in [-0.2, -0.15) is 0 Å². The fourth-order valence-electron chi connectivity index (χ4n) is 4.19. The van der Waals surface area contributed by atoms with Crippen LogP contribution < -0.4 is 5.32 Å². The molecule has 4 nitrogen and oxygen atoms in total. The number of thiazole rings is 1. The number of guanidine groups is 1. The van der Waals surface area contributed by atoms with Crippen LogP contribution in [0.15, 0.2) is 4.99 Å². The number of hydrogen-bond donors (Lipinski definition) is 1. The fraction of sp³-hybridized carbons (Fsp3) is 0.778. The zero-order valence-corrected chi connectivity index (χ0v) is 18.4. The summed E-state index contributed by atoms with van der Waals surface area (Å²) < 4.78 is 0. The van der Waals surface area contributed by atoms with E-state index in [0.717, 1.165) is 31.9 Å². The Morgan fingerprint density at radius 2 is 2.08 bits per heavy atom. The van der Waals surface area contributed by atoms with Gasteiger partial charge in [0.25, 0.3) is 0 Å². The molecule has 0 radical (unpaired) electrons. The molecule has 0 amide bonds. The first kappa shape index (κ1) is 19.9. The van der Waals surface area contributed by atoms with Crippen molar-refractivity contribution in [1.82, 2.24) is 15.2 Å². The van der Waals surface area contributed by atoms with E-state index in [-0.39, 0.29) is 24.0 Å². The van der Waals surface area contributed by atoms with E-state index in [2.05, 4.69) is 29.1 Å². The van der Waals surface area contributed by atoms with E-state index in [1.54, 1.807) is 0 Å². The van der Waals surface area contributed by atoms with Gasteiger partial charge in [-0.05, 0) is 38.0 Å². The molecule has 1 spiro atoms. The first-order valence-corrected chi connectivity index (χ1v) is 9.88. The van der Waals surface area contributed by atoms with Gasteiger partial charge in [0, 0.05) is 38.0 Å². The summed E-state index contributed by atoms with van der Waals surface area (Å²) in [6.45, 7) is 7.64. The molecule has 0 atom stereocenters. The summed E-state index contributed by atoms with van der Waals surface area (Å²) in [5.74, 6) is 1.08. The normalized spacial score (nSPS) is 19.8. The van der Waals surface area contributed by atoms with Crippen LogP contribution in [-0.4, -0.2) is 42.5 Å². The molecular formula is C18H31IN4S. The predicted molar refractivity (Wildman–Crippen MR) is 114 cm³/mol. The topological polar surface area (TPSA) is 40.5 Å². The first-order valence-electron chi connectivity index (χ1n) is 9.06. The van der Waals surface area contributed by atoms with Crippen LogP contribution in [0.2, 0.25) is 0 Å². The van der Waals surface area contributed by atoms with E-state index < -0.39 is 0 Å². The van der Waals surface area contributed by atoms with Gasteiger partial charge in [-0.15, -0.1) is 35.3 Å². The SMILES string of the molecule is CCc1nc(CCNC(=NC)N2CCC3(CCCC3)C2)sc1C.I. The maximum atomic E-state index is 4.73. The Hall–Kier alpha value is -0.370. The van der Waals surface area contributed by atoms with E-state index in [1.165, 1.54) is 54.2 Å². The van der Waals surface area contributed by atoms with Crippen LogP contribution in [0.1, 0.15) is 54.6 Å². The Morgan fingerprint density at radius 1 is 1.33 bits per heavy atom. The standard InChI is InChI=1S/C18H30N4S.HI/c1-4-15-14(2)23-16(21-15)7-11-20-17(19-3)22-12-10-18(13-22)8-5-6-9-18;/h4-13H2,1-3H3,(H,19,20);1H. The molecule has 6 heteroatoms. The number of nitrogens with one attached hydrogen (secondary N) is 1. The number of rotatable bonds is 4. The summed E-state index contributed by atoms with van der Waals surface area (Å²) in [7, 11) is 1.91. The summed E-state index contributed by atoms with van der Waals surface area (Å²) in [6.07, 6.45) is 9.04. The lowest BCUT2D eigenvalue weighted by Gasteiger charge is -2.25. The average Bonchev–Trinajstić information content (AvgIpc) is 3.26. The predicted octanol–water partition coefficient (Wildman–Crippen LogP) is 4.02. The average molecular weight is 462 g/mol. The van der Waals surface area contributed by atoms with Crippen molar-refractivity contribution in [1.29, 1.82) is 0 Å². The van der Waals surface area contributed by atoms with Crippen molar-refractivity contribution in [2.75, 3.05) is 26.7 Å². The van der Waals surface area contributed by atoms with Gasteiger partial charge in [0.2, 0.25) is 0 Å². The number of halogens is 1. The van der Waals surface area contributed by atoms with Crippen molar-refractivity contribution < 1.29 is 0 Å². The van der Waals surface area contributed by atoms with Gasteiger partial charge in [0.05, 0.1) is 10.7 Å². The zero-order valence-electron chi connectivity index (χ0n) is 15.2. The number of nitrogens with zero attached hydrogens (tertiary/aromatic N) is 3. The first-order chi connectivity index (χ1) is 11.2. The molecule has 1 saturated heterocycles. The fourth-order valence-corrected chi connectivity index (χ4v) is 5.21. The van der Waals surface area contributed by atoms with Gasteiger partial charge >= 0.3 is 0 Å². The summed E-state index contributed by atoms with van der Waals surface area (Å²) in [5, 5.41) is 4.80. The van der Waals surface area contributed by atoms with Crippen LogP contribution in [-0.2, 0) is 12.8 Å². The van der Waals surface area contributed by atoms with Gasteiger partial charge in [0.15, 0.2) is 5.96 Å². The van der Waals surface area contributed by atoms with Crippen molar-refractivity contribution >= 4 is 41.3 Å². The third kappa shape index (κ3) is 4.42. The third-order valence-electron chi connectivity index (χ3n) is 5.51. The van der Waals surface area contributed by atoms with Crippen LogP contribution in [0.3, 0.4) is 0 Å². The molecule has 24 heavy (non-hydrogen) atoms. The van der Waals surface area contributed by atoms with Gasteiger partial charge in [0.1, 0.15) is 0 Å². The molecule has 1 aromatic heterocycles. The van der Waals surface area contributed by atoms with Crippen LogP contribution >= 0.6 is 35.3 Å². The molecule has 1 aliphatic carbocycles. The molecule has 136 valence electrons. The number of aliphatic imine (C=N–C) groups is 1. The highest BCUT2D eigenvalue weighted by Gasteiger charge is 2.40. The molecule has 1 aromatic rings. The Balaban J connectivity index is 0.00000208. The van der Waals surface area contributed by atoms with Gasteiger partial charge in [-0.1, -0.05) is 19.8 Å². The van der Waals surface area contributed by atoms with Crippen molar-refractivity contribution in [3.63, 3.8) is 0 Å². The summed E-state index contributed by atoms with van der Waals surface area (Å²) >= 11 is 1.84. The maximum absolute atomic E-state index is 4.73. The van der Waals surface area contributed by atoms with E-state index >= 15 is 0 Å². The molecule has 0 aromatic carbocycles. The molecule has 0 bridgehead atoms. The van der Waals surface area contributed by atoms with Crippen molar-refractivity contribution in [2.45, 2.75) is 58.8 Å². The Morgan fingerprint density at radius 3 is 2.71 bits per heavy atom. The monoisotopic (exact) mass is 462 g/mol. The summed E-state index contributed by atoms with van der Waals surface area (Å²) in [6, 6.07) is 0. The van der Waals surface area contributed by atoms with E-state index in [0.29, 0.717) is 5.41 Å². The van der Waals surface area contributed by atoms with Crippen molar-refractivity contribution in [3.8, 4) is 0 Å². The van der Waals surface area contributed by atoms with Crippen molar-refractivity contribution in [2.24, 2.45) is 10.4 Å². The number of hydrogen-bond acceptors (Lipinski definition) is 3. The minimum Gasteiger partial charge on any atom is -0.356 e. The lowest BCUT2D eigenvalue weighted by Crippen LogP contribution is -2.41. The third-order valence-corrected chi connectivity index (χ3v) is 6.58. The zero-order chi connectivity index (χ0) is 16.3. The molecular weight excluding hydrogens is 431 g/mol. The van der Waals surface area contributed by atoms with Crippen LogP contribution in [0, 0.1) is 12.3 Å². The van der Waals surface area contributed by atoms with Crippen molar-refractivity contribution in [3.05, 3.63) is 15.6 Å². The number of aryl methyl sites for hydroxylation is 2. The molecule has 2 aliphatic rings. The highest BCUT2D eigenvalue weighted by molar-refractivity contribution is 14.0. The minimum absolute atomic E-state index is 0. The Bertz CT molecular complexity index is 563. The lowest BCUT2D eigenvalue weighted by molar-refractivity contribution is 0.309. The second-order valence-electron chi connectivity index (χ2n) is 7.07. The summed E-state index contributed by atoms with van der Waals surface area (Å²) in [5.41, 5.74) is 1.86. The molecule has 1 saturated carbocycles. The van der Waals surface area contributed by atoms with Gasteiger partial charge in [-0.25, -0.2) is 4.98 Å². The molecule has 2 fully saturated rings. The van der Waals surface area contributed by atoms with Gasteiger partial charge in [-0.3, -0.25) is 4.99 Å². The van der Waals surface area contributed by atoms with E-state index in [1.807, 2.05) is 18.4 Å². The lowest BCUT2D eigenvalue weighted by atomic mass is 9.86. The molecule has 2 heterocycles. The summed E-state index contributed by atoms with van der Waals surface area (Å²) in [4.78, 5) is 13.1. The largest absolute Gasteiger partial charge is 0.356 e.